The van der Waals surface area contributed by atoms with Gasteiger partial charge in [0.2, 0.25) is 0 Å². The molecule has 1 aliphatic rings. The fourth-order valence-corrected chi connectivity index (χ4v) is 2.60. The molecule has 0 aromatic heterocycles. The Morgan fingerprint density at radius 2 is 2.20 bits per heavy atom. The first kappa shape index (κ1) is 12.2. The Balaban J connectivity index is 3.03. The van der Waals surface area contributed by atoms with Crippen LogP contribution in [0.2, 0.25) is 0 Å². The van der Waals surface area contributed by atoms with Crippen molar-refractivity contribution in [2.24, 2.45) is 11.3 Å². The van der Waals surface area contributed by atoms with Crippen LogP contribution in [0.4, 0.5) is 0 Å². The van der Waals surface area contributed by atoms with Crippen LogP contribution >= 0.6 is 0 Å². The quantitative estimate of drug-likeness (QED) is 0.559. The van der Waals surface area contributed by atoms with Gasteiger partial charge in [-0.15, -0.1) is 0 Å². The van der Waals surface area contributed by atoms with Gasteiger partial charge in [0.25, 0.3) is 0 Å². The molecule has 2 atom stereocenters. The monoisotopic (exact) mass is 208 g/mol. The van der Waals surface area contributed by atoms with Gasteiger partial charge in [-0.1, -0.05) is 31.6 Å². The highest BCUT2D eigenvalue weighted by Crippen LogP contribution is 2.41. The van der Waals surface area contributed by atoms with Crippen LogP contribution in [0.3, 0.4) is 0 Å². The highest BCUT2D eigenvalue weighted by atomic mass is 16.3. The fourth-order valence-electron chi connectivity index (χ4n) is 2.60. The topological polar surface area (TPSA) is 37.3 Å². The molecule has 1 rings (SSSR count). The Labute approximate surface area is 91.7 Å². The Kier molecular flexibility index (Phi) is 3.50. The van der Waals surface area contributed by atoms with Crippen molar-refractivity contribution >= 4 is 5.78 Å². The third kappa shape index (κ3) is 2.57. The number of carbonyl (C=O) groups is 1. The lowest BCUT2D eigenvalue weighted by Crippen LogP contribution is -2.37. The van der Waals surface area contributed by atoms with Crippen LogP contribution in [0.5, 0.6) is 0 Å². The predicted molar refractivity (Wildman–Crippen MR) is 61.5 cm³/mol. The normalized spacial score (nSPS) is 30.3. The van der Waals surface area contributed by atoms with E-state index in [1.807, 2.05) is 27.7 Å². The van der Waals surface area contributed by atoms with E-state index in [0.717, 1.165) is 5.57 Å². The van der Waals surface area contributed by atoms with E-state index in [2.05, 4.69) is 0 Å². The Hall–Kier alpha value is -0.890. The molecule has 1 unspecified atom stereocenters. The third-order valence-corrected chi connectivity index (χ3v) is 3.04. The molecule has 0 aromatic rings. The molecule has 0 saturated heterocycles. The highest BCUT2D eigenvalue weighted by molar-refractivity contribution is 5.94. The molecule has 0 fully saturated rings. The zero-order chi connectivity index (χ0) is 11.6. The van der Waals surface area contributed by atoms with Crippen molar-refractivity contribution in [3.8, 4) is 0 Å². The molecule has 1 N–H and O–H groups in total. The molecule has 0 aliphatic heterocycles. The summed E-state index contributed by atoms with van der Waals surface area (Å²) in [5.41, 5.74) is 0.830. The zero-order valence-corrected chi connectivity index (χ0v) is 9.95. The second-order valence-electron chi connectivity index (χ2n) is 5.01. The summed E-state index contributed by atoms with van der Waals surface area (Å²) in [5.74, 6) is 0.0558. The zero-order valence-electron chi connectivity index (χ0n) is 9.95. The molecule has 0 heterocycles. The minimum Gasteiger partial charge on any atom is -0.389 e. The summed E-state index contributed by atoms with van der Waals surface area (Å²) in [6, 6.07) is 0. The van der Waals surface area contributed by atoms with E-state index in [4.69, 9.17) is 0 Å². The van der Waals surface area contributed by atoms with Gasteiger partial charge >= 0.3 is 0 Å². The van der Waals surface area contributed by atoms with Gasteiger partial charge < -0.3 is 5.11 Å². The summed E-state index contributed by atoms with van der Waals surface area (Å²) in [4.78, 5) is 11.9. The van der Waals surface area contributed by atoms with E-state index >= 15 is 0 Å². The number of aliphatic hydroxyl groups excluding tert-OH is 1. The maximum atomic E-state index is 11.9. The van der Waals surface area contributed by atoms with E-state index in [1.54, 1.807) is 18.2 Å². The van der Waals surface area contributed by atoms with Crippen LogP contribution in [0, 0.1) is 11.3 Å². The second-order valence-corrected chi connectivity index (χ2v) is 5.01. The van der Waals surface area contributed by atoms with Crippen LogP contribution in [0.1, 0.15) is 34.1 Å². The predicted octanol–water partition coefficient (Wildman–Crippen LogP) is 2.48. The number of rotatable bonds is 2. The highest BCUT2D eigenvalue weighted by Gasteiger charge is 2.39. The maximum Gasteiger partial charge on any atom is 0.162 e. The van der Waals surface area contributed by atoms with Crippen LogP contribution < -0.4 is 0 Å². The minimum absolute atomic E-state index is 0.0860. The number of hydrogen-bond acceptors (Lipinski definition) is 2. The average molecular weight is 208 g/mol. The lowest BCUT2D eigenvalue weighted by molar-refractivity contribution is -0.121. The summed E-state index contributed by atoms with van der Waals surface area (Å²) < 4.78 is 0. The number of hydrogen-bond donors (Lipinski definition) is 1. The molecular formula is C13H20O2. The number of aliphatic hydroxyl groups is 1. The number of allylic oxidation sites excluding steroid dienone is 3. The molecule has 1 aliphatic carbocycles. The van der Waals surface area contributed by atoms with Gasteiger partial charge in [0.05, 0.1) is 6.10 Å². The lowest BCUT2D eigenvalue weighted by atomic mass is 9.66. The van der Waals surface area contributed by atoms with Gasteiger partial charge in [-0.25, -0.2) is 0 Å². The van der Waals surface area contributed by atoms with E-state index in [-0.39, 0.29) is 17.1 Å². The molecule has 0 aromatic carbocycles. The molecule has 2 heteroatoms. The summed E-state index contributed by atoms with van der Waals surface area (Å²) in [5, 5.41) is 9.64. The molecule has 0 radical (unpaired) electrons. The van der Waals surface area contributed by atoms with Crippen molar-refractivity contribution < 1.29 is 9.90 Å². The average Bonchev–Trinajstić information content (AvgIpc) is 1.99. The molecular weight excluding hydrogens is 188 g/mol. The van der Waals surface area contributed by atoms with Gasteiger partial charge in [0.1, 0.15) is 0 Å². The molecule has 0 spiro atoms. The largest absolute Gasteiger partial charge is 0.389 e. The van der Waals surface area contributed by atoms with Crippen LogP contribution in [0.15, 0.2) is 23.8 Å². The van der Waals surface area contributed by atoms with Gasteiger partial charge in [0.15, 0.2) is 5.78 Å². The van der Waals surface area contributed by atoms with Crippen molar-refractivity contribution in [3.05, 3.63) is 23.8 Å². The molecule has 0 amide bonds. The van der Waals surface area contributed by atoms with Crippen molar-refractivity contribution in [2.45, 2.75) is 40.2 Å². The Bertz CT molecular complexity index is 310. The van der Waals surface area contributed by atoms with Crippen LogP contribution in [0.25, 0.3) is 0 Å². The van der Waals surface area contributed by atoms with Crippen molar-refractivity contribution in [1.29, 1.82) is 0 Å². The van der Waals surface area contributed by atoms with Crippen molar-refractivity contribution in [2.75, 3.05) is 0 Å². The van der Waals surface area contributed by atoms with E-state index in [0.29, 0.717) is 6.42 Å². The minimum atomic E-state index is -0.408. The van der Waals surface area contributed by atoms with Gasteiger partial charge in [-0.05, 0) is 31.8 Å². The number of ketones is 1. The van der Waals surface area contributed by atoms with Crippen molar-refractivity contribution in [3.63, 3.8) is 0 Å². The van der Waals surface area contributed by atoms with Gasteiger partial charge in [-0.2, -0.15) is 0 Å². The van der Waals surface area contributed by atoms with Crippen LogP contribution in [-0.4, -0.2) is 17.0 Å². The first-order valence-electron chi connectivity index (χ1n) is 5.41. The molecule has 2 nitrogen and oxygen atoms in total. The molecule has 0 bridgehead atoms. The van der Waals surface area contributed by atoms with Gasteiger partial charge in [0, 0.05) is 5.92 Å². The smallest absolute Gasteiger partial charge is 0.162 e. The first-order chi connectivity index (χ1) is 6.88. The molecule has 15 heavy (non-hydrogen) atoms. The fraction of sp³-hybridized carbons (Fsp3) is 0.615. The standard InChI is InChI=1S/C13H20O2/c1-5-6-11(15)12-9(2)7-10(14)8-13(12,3)4/h5-7,10,12,14H,8H2,1-4H3/b6-5+/t10-,12?/m0/s1. The van der Waals surface area contributed by atoms with E-state index in [1.165, 1.54) is 0 Å². The second kappa shape index (κ2) is 4.31. The lowest BCUT2D eigenvalue weighted by Gasteiger charge is -2.38. The van der Waals surface area contributed by atoms with Crippen LogP contribution in [-0.2, 0) is 4.79 Å². The third-order valence-electron chi connectivity index (χ3n) is 3.04. The van der Waals surface area contributed by atoms with Crippen molar-refractivity contribution in [1.82, 2.24) is 0 Å². The van der Waals surface area contributed by atoms with Gasteiger partial charge in [-0.3, -0.25) is 4.79 Å². The first-order valence-corrected chi connectivity index (χ1v) is 5.41. The SMILES string of the molecule is C/C=C/C(=O)C1C(C)=C[C@H](O)CC1(C)C. The number of carbonyl (C=O) groups excluding carboxylic acids is 1. The van der Waals surface area contributed by atoms with E-state index in [9.17, 15) is 9.90 Å². The summed E-state index contributed by atoms with van der Waals surface area (Å²) in [7, 11) is 0. The molecule has 84 valence electrons. The maximum absolute atomic E-state index is 11.9. The summed E-state index contributed by atoms with van der Waals surface area (Å²) in [6.07, 6.45) is 5.45. The molecule has 0 saturated carbocycles. The summed E-state index contributed by atoms with van der Waals surface area (Å²) in [6.45, 7) is 7.86. The Morgan fingerprint density at radius 3 is 2.67 bits per heavy atom. The Morgan fingerprint density at radius 1 is 1.60 bits per heavy atom. The van der Waals surface area contributed by atoms with E-state index < -0.39 is 6.10 Å². The summed E-state index contributed by atoms with van der Waals surface area (Å²) >= 11 is 0.